The Balaban J connectivity index is 2.16. The summed E-state index contributed by atoms with van der Waals surface area (Å²) in [4.78, 5) is 19.4. The largest absolute Gasteiger partial charge is 0.347 e. The summed E-state index contributed by atoms with van der Waals surface area (Å²) in [5.74, 6) is 0.653. The van der Waals surface area contributed by atoms with E-state index >= 15 is 0 Å². The maximum atomic E-state index is 12.2. The van der Waals surface area contributed by atoms with Gasteiger partial charge in [-0.2, -0.15) is 0 Å². The number of carbonyl (C=O) groups excluding carboxylic acids is 1. The minimum absolute atomic E-state index is 0.113. The summed E-state index contributed by atoms with van der Waals surface area (Å²) in [6.45, 7) is 3.87. The molecule has 1 heterocycles. The fourth-order valence-corrected chi connectivity index (χ4v) is 2.18. The summed E-state index contributed by atoms with van der Waals surface area (Å²) >= 11 is 5.89. The number of H-pyrrole nitrogens is 1. The molecule has 4 nitrogen and oxygen atoms in total. The number of aromatic amines is 1. The fourth-order valence-electron chi connectivity index (χ4n) is 1.95. The number of aromatic nitrogens is 2. The van der Waals surface area contributed by atoms with Crippen LogP contribution in [-0.4, -0.2) is 15.9 Å². The number of hydrogen-bond acceptors (Lipinski definition) is 2. The van der Waals surface area contributed by atoms with Gasteiger partial charge in [-0.25, -0.2) is 4.98 Å². The molecule has 0 radical (unpaired) electrons. The van der Waals surface area contributed by atoms with Crippen molar-refractivity contribution in [2.45, 2.75) is 26.3 Å². The highest BCUT2D eigenvalue weighted by Crippen LogP contribution is 2.17. The second-order valence-electron chi connectivity index (χ2n) is 4.37. The molecule has 1 aromatic heterocycles. The van der Waals surface area contributed by atoms with Crippen LogP contribution in [0.3, 0.4) is 0 Å². The molecule has 5 heteroatoms. The lowest BCUT2D eigenvalue weighted by atomic mass is 10.1. The van der Waals surface area contributed by atoms with Crippen LogP contribution in [0.2, 0.25) is 5.02 Å². The Morgan fingerprint density at radius 1 is 1.53 bits per heavy atom. The number of aryl methyl sites for hydroxylation is 1. The molecule has 1 unspecified atom stereocenters. The summed E-state index contributed by atoms with van der Waals surface area (Å²) in [7, 11) is 0. The lowest BCUT2D eigenvalue weighted by Crippen LogP contribution is -2.29. The highest BCUT2D eigenvalue weighted by Gasteiger charge is 2.17. The first-order chi connectivity index (χ1) is 9.11. The van der Waals surface area contributed by atoms with Gasteiger partial charge in [-0.1, -0.05) is 18.5 Å². The smallest absolute Gasteiger partial charge is 0.252 e. The van der Waals surface area contributed by atoms with Gasteiger partial charge in [0.05, 0.1) is 6.04 Å². The van der Waals surface area contributed by atoms with Gasteiger partial charge in [0.25, 0.3) is 5.91 Å². The Morgan fingerprint density at radius 2 is 2.32 bits per heavy atom. The third kappa shape index (κ3) is 3.15. The van der Waals surface area contributed by atoms with E-state index < -0.39 is 0 Å². The van der Waals surface area contributed by atoms with Gasteiger partial charge < -0.3 is 10.3 Å². The van der Waals surface area contributed by atoms with Crippen LogP contribution in [0.1, 0.15) is 41.1 Å². The van der Waals surface area contributed by atoms with E-state index in [9.17, 15) is 4.79 Å². The summed E-state index contributed by atoms with van der Waals surface area (Å²) in [6.07, 6.45) is 4.20. The van der Waals surface area contributed by atoms with Crippen molar-refractivity contribution >= 4 is 17.5 Å². The van der Waals surface area contributed by atoms with Crippen molar-refractivity contribution in [3.05, 3.63) is 52.6 Å². The molecule has 0 bridgehead atoms. The second kappa shape index (κ2) is 5.89. The molecule has 0 spiro atoms. The van der Waals surface area contributed by atoms with Crippen LogP contribution in [0.25, 0.3) is 0 Å². The molecule has 0 saturated heterocycles. The minimum atomic E-state index is -0.114. The summed E-state index contributed by atoms with van der Waals surface area (Å²) in [5.41, 5.74) is 1.49. The van der Waals surface area contributed by atoms with Crippen LogP contribution in [-0.2, 0) is 0 Å². The average molecular weight is 278 g/mol. The Bertz CT molecular complexity index is 566. The summed E-state index contributed by atoms with van der Waals surface area (Å²) < 4.78 is 0. The molecule has 2 aromatic rings. The van der Waals surface area contributed by atoms with E-state index in [0.717, 1.165) is 17.8 Å². The number of imidazole rings is 1. The maximum Gasteiger partial charge on any atom is 0.252 e. The van der Waals surface area contributed by atoms with Crippen LogP contribution in [0.4, 0.5) is 0 Å². The molecule has 0 aliphatic rings. The van der Waals surface area contributed by atoms with Crippen LogP contribution in [0.5, 0.6) is 0 Å². The average Bonchev–Trinajstić information content (AvgIpc) is 2.89. The van der Waals surface area contributed by atoms with E-state index in [-0.39, 0.29) is 11.9 Å². The van der Waals surface area contributed by atoms with Crippen LogP contribution in [0.15, 0.2) is 30.6 Å². The Kier molecular flexibility index (Phi) is 4.22. The molecule has 0 saturated carbocycles. The van der Waals surface area contributed by atoms with Crippen molar-refractivity contribution in [3.63, 3.8) is 0 Å². The molecule has 0 aliphatic heterocycles. The number of nitrogens with one attached hydrogen (secondary N) is 2. The molecule has 1 aromatic carbocycles. The zero-order valence-electron chi connectivity index (χ0n) is 10.9. The highest BCUT2D eigenvalue weighted by atomic mass is 35.5. The monoisotopic (exact) mass is 277 g/mol. The zero-order chi connectivity index (χ0) is 13.8. The third-order valence-electron chi connectivity index (χ3n) is 3.00. The molecule has 2 rings (SSSR count). The van der Waals surface area contributed by atoms with Crippen molar-refractivity contribution in [3.8, 4) is 0 Å². The number of hydrogen-bond donors (Lipinski definition) is 2. The van der Waals surface area contributed by atoms with Gasteiger partial charge in [-0.05, 0) is 37.1 Å². The van der Waals surface area contributed by atoms with Crippen molar-refractivity contribution in [1.29, 1.82) is 0 Å². The number of nitrogens with zero attached hydrogens (tertiary/aromatic N) is 1. The Labute approximate surface area is 117 Å². The van der Waals surface area contributed by atoms with Crippen molar-refractivity contribution < 1.29 is 4.79 Å². The first-order valence-electron chi connectivity index (χ1n) is 6.18. The highest BCUT2D eigenvalue weighted by molar-refractivity contribution is 6.30. The summed E-state index contributed by atoms with van der Waals surface area (Å²) in [5, 5.41) is 3.60. The summed E-state index contributed by atoms with van der Waals surface area (Å²) in [6, 6.07) is 5.13. The minimum Gasteiger partial charge on any atom is -0.347 e. The van der Waals surface area contributed by atoms with E-state index in [0.29, 0.717) is 10.6 Å². The molecule has 19 heavy (non-hydrogen) atoms. The third-order valence-corrected chi connectivity index (χ3v) is 3.23. The van der Waals surface area contributed by atoms with Crippen LogP contribution >= 0.6 is 11.6 Å². The van der Waals surface area contributed by atoms with Crippen LogP contribution in [0, 0.1) is 6.92 Å². The van der Waals surface area contributed by atoms with Gasteiger partial charge in [0, 0.05) is 23.0 Å². The molecule has 1 atom stereocenters. The maximum absolute atomic E-state index is 12.2. The molecule has 1 amide bonds. The normalized spacial score (nSPS) is 12.2. The lowest BCUT2D eigenvalue weighted by molar-refractivity contribution is 0.0933. The molecular weight excluding hydrogens is 262 g/mol. The quantitative estimate of drug-likeness (QED) is 0.901. The molecule has 2 N–H and O–H groups in total. The van der Waals surface area contributed by atoms with E-state index in [1.165, 1.54) is 0 Å². The Hall–Kier alpha value is -1.81. The second-order valence-corrected chi connectivity index (χ2v) is 4.80. The SMILES string of the molecule is CCC(NC(=O)c1ccc(Cl)cc1C)c1ncc[nH]1. The molecule has 100 valence electrons. The van der Waals surface area contributed by atoms with Gasteiger partial charge >= 0.3 is 0 Å². The first kappa shape index (κ1) is 13.6. The van der Waals surface area contributed by atoms with Crippen molar-refractivity contribution in [2.24, 2.45) is 0 Å². The molecule has 0 aliphatic carbocycles. The topological polar surface area (TPSA) is 57.8 Å². The standard InChI is InChI=1S/C14H16ClN3O/c1-3-12(13-16-6-7-17-13)18-14(19)11-5-4-10(15)8-9(11)2/h4-8,12H,3H2,1-2H3,(H,16,17)(H,18,19). The molecule has 0 fully saturated rings. The van der Waals surface area contributed by atoms with E-state index in [2.05, 4.69) is 15.3 Å². The van der Waals surface area contributed by atoms with E-state index in [1.54, 1.807) is 30.6 Å². The Morgan fingerprint density at radius 3 is 2.89 bits per heavy atom. The van der Waals surface area contributed by atoms with E-state index in [1.807, 2.05) is 13.8 Å². The molecular formula is C14H16ClN3O. The van der Waals surface area contributed by atoms with Gasteiger partial charge in [0.15, 0.2) is 0 Å². The lowest BCUT2D eigenvalue weighted by Gasteiger charge is -2.15. The van der Waals surface area contributed by atoms with Gasteiger partial charge in [-0.3, -0.25) is 4.79 Å². The number of halogens is 1. The van der Waals surface area contributed by atoms with Crippen molar-refractivity contribution in [1.82, 2.24) is 15.3 Å². The van der Waals surface area contributed by atoms with Crippen molar-refractivity contribution in [2.75, 3.05) is 0 Å². The van der Waals surface area contributed by atoms with Gasteiger partial charge in [0.2, 0.25) is 0 Å². The van der Waals surface area contributed by atoms with Gasteiger partial charge in [0.1, 0.15) is 5.82 Å². The number of amides is 1. The zero-order valence-corrected chi connectivity index (χ0v) is 11.7. The number of rotatable bonds is 4. The number of benzene rings is 1. The predicted molar refractivity (Wildman–Crippen MR) is 75.3 cm³/mol. The first-order valence-corrected chi connectivity index (χ1v) is 6.56. The number of carbonyl (C=O) groups is 1. The van der Waals surface area contributed by atoms with Gasteiger partial charge in [-0.15, -0.1) is 0 Å². The van der Waals surface area contributed by atoms with Crippen LogP contribution < -0.4 is 5.32 Å². The fraction of sp³-hybridized carbons (Fsp3) is 0.286. The van der Waals surface area contributed by atoms with E-state index in [4.69, 9.17) is 11.6 Å². The predicted octanol–water partition coefficient (Wildman–Crippen LogP) is 3.25.